The van der Waals surface area contributed by atoms with E-state index in [4.69, 9.17) is 0 Å². The Kier molecular flexibility index (Phi) is 3.75. The van der Waals surface area contributed by atoms with Gasteiger partial charge in [0.05, 0.1) is 21.7 Å². The standard InChI is InChI=1S/C15H14N2O2S2/c1-11-6-8-12(9-7-11)21(18,19)16-10-15-17-13-4-2-3-5-14(13)20-15/h2-9,16H,10H2,1H3. The zero-order valence-electron chi connectivity index (χ0n) is 11.4. The second-order valence-electron chi connectivity index (χ2n) is 4.71. The molecule has 0 spiro atoms. The molecule has 1 aromatic heterocycles. The predicted octanol–water partition coefficient (Wildman–Crippen LogP) is 3.08. The Bertz CT molecular complexity index is 835. The highest BCUT2D eigenvalue weighted by molar-refractivity contribution is 7.89. The number of fused-ring (bicyclic) bond motifs is 1. The van der Waals surface area contributed by atoms with Crippen molar-refractivity contribution in [3.8, 4) is 0 Å². The first kappa shape index (κ1) is 14.2. The first-order valence-corrected chi connectivity index (χ1v) is 8.75. The Morgan fingerprint density at radius 3 is 2.52 bits per heavy atom. The number of hydrogen-bond acceptors (Lipinski definition) is 4. The number of para-hydroxylation sites is 1. The maximum absolute atomic E-state index is 12.2. The van der Waals surface area contributed by atoms with Crippen LogP contribution in [0.3, 0.4) is 0 Å². The van der Waals surface area contributed by atoms with Gasteiger partial charge in [-0.2, -0.15) is 0 Å². The number of nitrogens with one attached hydrogen (secondary N) is 1. The molecule has 0 aliphatic heterocycles. The Balaban J connectivity index is 1.78. The number of sulfonamides is 1. The number of aryl methyl sites for hydroxylation is 1. The van der Waals surface area contributed by atoms with Gasteiger partial charge in [0, 0.05) is 0 Å². The summed E-state index contributed by atoms with van der Waals surface area (Å²) >= 11 is 1.50. The third-order valence-electron chi connectivity index (χ3n) is 3.08. The highest BCUT2D eigenvalue weighted by atomic mass is 32.2. The first-order chi connectivity index (χ1) is 10.0. The van der Waals surface area contributed by atoms with Crippen molar-refractivity contribution >= 4 is 31.6 Å². The molecule has 21 heavy (non-hydrogen) atoms. The Morgan fingerprint density at radius 2 is 1.81 bits per heavy atom. The van der Waals surface area contributed by atoms with E-state index in [1.807, 2.05) is 31.2 Å². The van der Waals surface area contributed by atoms with Crippen molar-refractivity contribution in [2.24, 2.45) is 0 Å². The molecule has 0 saturated heterocycles. The third kappa shape index (κ3) is 3.12. The summed E-state index contributed by atoms with van der Waals surface area (Å²) < 4.78 is 28.0. The fourth-order valence-corrected chi connectivity index (χ4v) is 3.94. The molecule has 1 heterocycles. The fourth-order valence-electron chi connectivity index (χ4n) is 1.95. The number of rotatable bonds is 4. The molecule has 0 aliphatic rings. The zero-order valence-corrected chi connectivity index (χ0v) is 13.0. The Morgan fingerprint density at radius 1 is 1.10 bits per heavy atom. The van der Waals surface area contributed by atoms with Gasteiger partial charge < -0.3 is 0 Å². The summed E-state index contributed by atoms with van der Waals surface area (Å²) in [5, 5.41) is 0.756. The maximum Gasteiger partial charge on any atom is 0.240 e. The number of thiazole rings is 1. The van der Waals surface area contributed by atoms with E-state index in [-0.39, 0.29) is 11.4 Å². The van der Waals surface area contributed by atoms with E-state index in [0.717, 1.165) is 20.8 Å². The molecule has 0 aliphatic carbocycles. The van der Waals surface area contributed by atoms with Crippen LogP contribution in [0.1, 0.15) is 10.6 Å². The highest BCUT2D eigenvalue weighted by Crippen LogP contribution is 2.21. The third-order valence-corrected chi connectivity index (χ3v) is 5.54. The second kappa shape index (κ2) is 5.55. The highest BCUT2D eigenvalue weighted by Gasteiger charge is 2.14. The number of aromatic nitrogens is 1. The Hall–Kier alpha value is -1.76. The summed E-state index contributed by atoms with van der Waals surface area (Å²) in [5.74, 6) is 0. The molecule has 0 radical (unpaired) electrons. The van der Waals surface area contributed by atoms with Crippen LogP contribution in [-0.4, -0.2) is 13.4 Å². The van der Waals surface area contributed by atoms with E-state index in [2.05, 4.69) is 9.71 Å². The lowest BCUT2D eigenvalue weighted by Crippen LogP contribution is -2.23. The molecule has 1 N–H and O–H groups in total. The molecule has 2 aromatic carbocycles. The molecule has 0 unspecified atom stereocenters. The van der Waals surface area contributed by atoms with Crippen molar-refractivity contribution in [2.45, 2.75) is 18.4 Å². The predicted molar refractivity (Wildman–Crippen MR) is 84.8 cm³/mol. The monoisotopic (exact) mass is 318 g/mol. The SMILES string of the molecule is Cc1ccc(S(=O)(=O)NCc2nc3ccccc3s2)cc1. The molecule has 4 nitrogen and oxygen atoms in total. The second-order valence-corrected chi connectivity index (χ2v) is 7.60. The van der Waals surface area contributed by atoms with Crippen LogP contribution in [0.2, 0.25) is 0 Å². The van der Waals surface area contributed by atoms with Crippen LogP contribution in [0.25, 0.3) is 10.2 Å². The van der Waals surface area contributed by atoms with E-state index in [0.29, 0.717) is 0 Å². The minimum absolute atomic E-state index is 0.204. The van der Waals surface area contributed by atoms with Gasteiger partial charge >= 0.3 is 0 Å². The molecule has 0 bridgehead atoms. The molecule has 0 fully saturated rings. The summed E-state index contributed by atoms with van der Waals surface area (Å²) in [7, 11) is -3.50. The van der Waals surface area contributed by atoms with E-state index in [9.17, 15) is 8.42 Å². The van der Waals surface area contributed by atoms with Gasteiger partial charge in [0.2, 0.25) is 10.0 Å². The average molecular weight is 318 g/mol. The maximum atomic E-state index is 12.2. The van der Waals surface area contributed by atoms with Crippen LogP contribution in [0.5, 0.6) is 0 Å². The lowest BCUT2D eigenvalue weighted by atomic mass is 10.2. The van der Waals surface area contributed by atoms with Gasteiger partial charge in [0.1, 0.15) is 5.01 Å². The van der Waals surface area contributed by atoms with E-state index in [1.165, 1.54) is 11.3 Å². The van der Waals surface area contributed by atoms with Crippen molar-refractivity contribution in [3.63, 3.8) is 0 Å². The van der Waals surface area contributed by atoms with Crippen LogP contribution in [-0.2, 0) is 16.6 Å². The van der Waals surface area contributed by atoms with E-state index >= 15 is 0 Å². The van der Waals surface area contributed by atoms with Gasteiger partial charge in [0.25, 0.3) is 0 Å². The fraction of sp³-hybridized carbons (Fsp3) is 0.133. The van der Waals surface area contributed by atoms with Crippen molar-refractivity contribution in [2.75, 3.05) is 0 Å². The summed E-state index contributed by atoms with van der Waals surface area (Å²) in [6.45, 7) is 2.13. The van der Waals surface area contributed by atoms with Gasteiger partial charge in [-0.1, -0.05) is 29.8 Å². The molecule has 108 valence electrons. The van der Waals surface area contributed by atoms with E-state index < -0.39 is 10.0 Å². The summed E-state index contributed by atoms with van der Waals surface area (Å²) in [6.07, 6.45) is 0. The van der Waals surface area contributed by atoms with Crippen LogP contribution in [0, 0.1) is 6.92 Å². The summed E-state index contributed by atoms with van der Waals surface area (Å²) in [5.41, 5.74) is 1.92. The number of hydrogen-bond donors (Lipinski definition) is 1. The molecular formula is C15H14N2O2S2. The van der Waals surface area contributed by atoms with Gasteiger partial charge in [-0.25, -0.2) is 18.1 Å². The number of nitrogens with zero attached hydrogens (tertiary/aromatic N) is 1. The van der Waals surface area contributed by atoms with Crippen LogP contribution < -0.4 is 4.72 Å². The van der Waals surface area contributed by atoms with Crippen LogP contribution in [0.15, 0.2) is 53.4 Å². The molecule has 3 aromatic rings. The topological polar surface area (TPSA) is 59.1 Å². The van der Waals surface area contributed by atoms with Crippen LogP contribution in [0.4, 0.5) is 0 Å². The molecule has 6 heteroatoms. The normalized spacial score (nSPS) is 11.9. The van der Waals surface area contributed by atoms with Gasteiger partial charge in [-0.3, -0.25) is 0 Å². The zero-order chi connectivity index (χ0) is 14.9. The minimum Gasteiger partial charge on any atom is -0.240 e. The van der Waals surface area contributed by atoms with E-state index in [1.54, 1.807) is 24.3 Å². The lowest BCUT2D eigenvalue weighted by Gasteiger charge is -2.05. The van der Waals surface area contributed by atoms with Crippen molar-refractivity contribution in [1.29, 1.82) is 0 Å². The molecular weight excluding hydrogens is 304 g/mol. The van der Waals surface area contributed by atoms with Crippen LogP contribution >= 0.6 is 11.3 Å². The summed E-state index contributed by atoms with van der Waals surface area (Å²) in [6, 6.07) is 14.5. The molecule has 0 atom stereocenters. The largest absolute Gasteiger partial charge is 0.240 e. The van der Waals surface area contributed by atoms with Crippen molar-refractivity contribution < 1.29 is 8.42 Å². The smallest absolute Gasteiger partial charge is 0.240 e. The quantitative estimate of drug-likeness (QED) is 0.804. The lowest BCUT2D eigenvalue weighted by molar-refractivity contribution is 0.581. The Labute approximate surface area is 127 Å². The van der Waals surface area contributed by atoms with Gasteiger partial charge in [-0.05, 0) is 31.2 Å². The number of benzene rings is 2. The van der Waals surface area contributed by atoms with Gasteiger partial charge in [-0.15, -0.1) is 11.3 Å². The molecule has 3 rings (SSSR count). The molecule has 0 saturated carbocycles. The first-order valence-electron chi connectivity index (χ1n) is 6.45. The van der Waals surface area contributed by atoms with Gasteiger partial charge in [0.15, 0.2) is 0 Å². The summed E-state index contributed by atoms with van der Waals surface area (Å²) in [4.78, 5) is 4.69. The van der Waals surface area contributed by atoms with Crippen molar-refractivity contribution in [3.05, 3.63) is 59.1 Å². The average Bonchev–Trinajstić information content (AvgIpc) is 2.89. The minimum atomic E-state index is -3.50. The molecule has 0 amide bonds. The van der Waals surface area contributed by atoms with Crippen molar-refractivity contribution in [1.82, 2.24) is 9.71 Å².